The second kappa shape index (κ2) is 4.34. The molecular formula is C10H10NO. The lowest BCUT2D eigenvalue weighted by Gasteiger charge is -1.97. The molecule has 0 heterocycles. The zero-order valence-corrected chi connectivity index (χ0v) is 6.66. The van der Waals surface area contributed by atoms with E-state index in [0.29, 0.717) is 5.56 Å². The van der Waals surface area contributed by atoms with Crippen LogP contribution in [0.4, 0.5) is 0 Å². The van der Waals surface area contributed by atoms with Gasteiger partial charge in [-0.25, -0.2) is 0 Å². The maximum absolute atomic E-state index is 11.2. The van der Waals surface area contributed by atoms with Gasteiger partial charge in [-0.3, -0.25) is 4.79 Å². The molecule has 1 rings (SSSR count). The highest BCUT2D eigenvalue weighted by Gasteiger charge is 1.99. The first kappa shape index (κ1) is 8.53. The van der Waals surface area contributed by atoms with Crippen molar-refractivity contribution in [2.24, 2.45) is 0 Å². The molecule has 0 atom stereocenters. The van der Waals surface area contributed by atoms with E-state index in [1.807, 2.05) is 18.2 Å². The number of benzene rings is 1. The van der Waals surface area contributed by atoms with Gasteiger partial charge in [0.2, 0.25) is 0 Å². The van der Waals surface area contributed by atoms with Gasteiger partial charge in [0.1, 0.15) is 0 Å². The molecule has 0 aromatic heterocycles. The SMILES string of the molecule is [CH2]/C=C/NC(=O)c1ccccc1. The standard InChI is InChI=1S/C10H10NO/c1-2-8-11-10(12)9-6-4-3-5-7-9/h2-8H,1H2,(H,11,12)/b8-2+. The minimum absolute atomic E-state index is 0.115. The van der Waals surface area contributed by atoms with Crippen molar-refractivity contribution < 1.29 is 4.79 Å². The smallest absolute Gasteiger partial charge is 0.255 e. The first-order valence-electron chi connectivity index (χ1n) is 3.65. The average Bonchev–Trinajstić information content (AvgIpc) is 2.15. The van der Waals surface area contributed by atoms with Crippen molar-refractivity contribution in [1.29, 1.82) is 0 Å². The molecule has 0 spiro atoms. The second-order valence-electron chi connectivity index (χ2n) is 2.24. The van der Waals surface area contributed by atoms with E-state index >= 15 is 0 Å². The number of hydrogen-bond acceptors (Lipinski definition) is 1. The topological polar surface area (TPSA) is 29.1 Å². The molecule has 1 radical (unpaired) electrons. The fourth-order valence-electron chi connectivity index (χ4n) is 0.807. The normalized spacial score (nSPS) is 10.1. The zero-order chi connectivity index (χ0) is 8.81. The maximum atomic E-state index is 11.2. The molecule has 1 aromatic rings. The lowest BCUT2D eigenvalue weighted by Crippen LogP contribution is -2.16. The van der Waals surface area contributed by atoms with Crippen molar-refractivity contribution in [3.05, 3.63) is 55.1 Å². The summed E-state index contributed by atoms with van der Waals surface area (Å²) in [5.41, 5.74) is 0.649. The summed E-state index contributed by atoms with van der Waals surface area (Å²) in [5.74, 6) is -0.115. The molecule has 1 amide bonds. The van der Waals surface area contributed by atoms with Crippen molar-refractivity contribution in [2.75, 3.05) is 0 Å². The molecule has 0 saturated carbocycles. The summed E-state index contributed by atoms with van der Waals surface area (Å²) in [6.45, 7) is 3.46. The van der Waals surface area contributed by atoms with Crippen molar-refractivity contribution >= 4 is 5.91 Å². The van der Waals surface area contributed by atoms with E-state index in [0.717, 1.165) is 0 Å². The Labute approximate surface area is 71.9 Å². The van der Waals surface area contributed by atoms with Crippen LogP contribution in [0.5, 0.6) is 0 Å². The minimum Gasteiger partial charge on any atom is -0.329 e. The molecule has 0 aliphatic rings. The lowest BCUT2D eigenvalue weighted by molar-refractivity contribution is 0.0970. The average molecular weight is 160 g/mol. The highest BCUT2D eigenvalue weighted by Crippen LogP contribution is 1.97. The van der Waals surface area contributed by atoms with E-state index in [9.17, 15) is 4.79 Å². The van der Waals surface area contributed by atoms with Crippen LogP contribution in [-0.4, -0.2) is 5.91 Å². The van der Waals surface area contributed by atoms with Gasteiger partial charge >= 0.3 is 0 Å². The predicted octanol–water partition coefficient (Wildman–Crippen LogP) is 1.76. The van der Waals surface area contributed by atoms with Crippen LogP contribution in [0.15, 0.2) is 42.6 Å². The molecule has 1 aromatic carbocycles. The van der Waals surface area contributed by atoms with E-state index in [4.69, 9.17) is 0 Å². The van der Waals surface area contributed by atoms with Crippen LogP contribution >= 0.6 is 0 Å². The Bertz CT molecular complexity index is 277. The van der Waals surface area contributed by atoms with E-state index in [1.54, 1.807) is 12.1 Å². The highest BCUT2D eigenvalue weighted by atomic mass is 16.1. The number of nitrogens with one attached hydrogen (secondary N) is 1. The third kappa shape index (κ3) is 2.23. The second-order valence-corrected chi connectivity index (χ2v) is 2.24. The molecular weight excluding hydrogens is 150 g/mol. The number of allylic oxidation sites excluding steroid dienone is 1. The van der Waals surface area contributed by atoms with Crippen LogP contribution in [-0.2, 0) is 0 Å². The van der Waals surface area contributed by atoms with Crippen LogP contribution in [0, 0.1) is 6.92 Å². The van der Waals surface area contributed by atoms with Gasteiger partial charge < -0.3 is 5.32 Å². The first-order valence-corrected chi connectivity index (χ1v) is 3.65. The van der Waals surface area contributed by atoms with Crippen molar-refractivity contribution in [3.63, 3.8) is 0 Å². The Morgan fingerprint density at radius 3 is 2.58 bits per heavy atom. The Morgan fingerprint density at radius 1 is 1.33 bits per heavy atom. The summed E-state index contributed by atoms with van der Waals surface area (Å²) < 4.78 is 0. The van der Waals surface area contributed by atoms with E-state index in [2.05, 4.69) is 12.2 Å². The lowest BCUT2D eigenvalue weighted by atomic mass is 10.2. The van der Waals surface area contributed by atoms with Gasteiger partial charge in [-0.15, -0.1) is 0 Å². The Hall–Kier alpha value is -1.57. The summed E-state index contributed by atoms with van der Waals surface area (Å²) in [7, 11) is 0. The number of amides is 1. The fourth-order valence-corrected chi connectivity index (χ4v) is 0.807. The molecule has 0 aliphatic heterocycles. The number of rotatable bonds is 2. The fraction of sp³-hybridized carbons (Fsp3) is 0. The third-order valence-electron chi connectivity index (χ3n) is 1.37. The quantitative estimate of drug-likeness (QED) is 0.701. The molecule has 1 N–H and O–H groups in total. The number of hydrogen-bond donors (Lipinski definition) is 1. The summed E-state index contributed by atoms with van der Waals surface area (Å²) >= 11 is 0. The van der Waals surface area contributed by atoms with Gasteiger partial charge in [-0.2, -0.15) is 0 Å². The van der Waals surface area contributed by atoms with Crippen molar-refractivity contribution in [1.82, 2.24) is 5.32 Å². The van der Waals surface area contributed by atoms with Crippen LogP contribution in [0.2, 0.25) is 0 Å². The van der Waals surface area contributed by atoms with Crippen LogP contribution in [0.3, 0.4) is 0 Å². The van der Waals surface area contributed by atoms with Gasteiger partial charge in [0, 0.05) is 11.8 Å². The van der Waals surface area contributed by atoms with E-state index in [1.165, 1.54) is 12.3 Å². The van der Waals surface area contributed by atoms with Gasteiger partial charge in [0.05, 0.1) is 0 Å². The molecule has 2 heteroatoms. The highest BCUT2D eigenvalue weighted by molar-refractivity contribution is 5.94. The summed E-state index contributed by atoms with van der Waals surface area (Å²) in [6.07, 6.45) is 3.04. The summed E-state index contributed by atoms with van der Waals surface area (Å²) in [4.78, 5) is 11.2. The molecule has 0 bridgehead atoms. The molecule has 0 unspecified atom stereocenters. The molecule has 0 fully saturated rings. The summed E-state index contributed by atoms with van der Waals surface area (Å²) in [5, 5.41) is 2.57. The van der Waals surface area contributed by atoms with Crippen LogP contribution < -0.4 is 5.32 Å². The molecule has 2 nitrogen and oxygen atoms in total. The monoisotopic (exact) mass is 160 g/mol. The minimum atomic E-state index is -0.115. The van der Waals surface area contributed by atoms with Crippen molar-refractivity contribution in [3.8, 4) is 0 Å². The van der Waals surface area contributed by atoms with Gasteiger partial charge in [-0.05, 0) is 19.1 Å². The third-order valence-corrected chi connectivity index (χ3v) is 1.37. The predicted molar refractivity (Wildman–Crippen MR) is 48.4 cm³/mol. The molecule has 0 aliphatic carbocycles. The Morgan fingerprint density at radius 2 is 2.00 bits per heavy atom. The van der Waals surface area contributed by atoms with Gasteiger partial charge in [0.15, 0.2) is 0 Å². The molecule has 0 saturated heterocycles. The van der Waals surface area contributed by atoms with Gasteiger partial charge in [0.25, 0.3) is 5.91 Å². The largest absolute Gasteiger partial charge is 0.329 e. The zero-order valence-electron chi connectivity index (χ0n) is 6.66. The molecule has 12 heavy (non-hydrogen) atoms. The summed E-state index contributed by atoms with van der Waals surface area (Å²) in [6, 6.07) is 9.03. The number of carbonyl (C=O) groups excluding carboxylic acids is 1. The van der Waals surface area contributed by atoms with E-state index in [-0.39, 0.29) is 5.91 Å². The van der Waals surface area contributed by atoms with Crippen molar-refractivity contribution in [2.45, 2.75) is 0 Å². The Balaban J connectivity index is 2.66. The maximum Gasteiger partial charge on any atom is 0.255 e. The van der Waals surface area contributed by atoms with Crippen LogP contribution in [0.25, 0.3) is 0 Å². The van der Waals surface area contributed by atoms with Crippen LogP contribution in [0.1, 0.15) is 10.4 Å². The first-order chi connectivity index (χ1) is 5.84. The van der Waals surface area contributed by atoms with Gasteiger partial charge in [-0.1, -0.05) is 24.3 Å². The molecule has 61 valence electrons. The van der Waals surface area contributed by atoms with E-state index < -0.39 is 0 Å². The Kier molecular flexibility index (Phi) is 3.08. The number of carbonyl (C=O) groups is 1.